The van der Waals surface area contributed by atoms with E-state index in [1.165, 1.54) is 0 Å². The SMILES string of the molecule is CCC(CC)Cn1cc[nH]c1=O. The lowest BCUT2D eigenvalue weighted by molar-refractivity contribution is 0.412. The summed E-state index contributed by atoms with van der Waals surface area (Å²) < 4.78 is 1.73. The zero-order valence-corrected chi connectivity index (χ0v) is 7.71. The maximum absolute atomic E-state index is 11.1. The largest absolute Gasteiger partial charge is 0.325 e. The fraction of sp³-hybridized carbons (Fsp3) is 0.667. The van der Waals surface area contributed by atoms with Gasteiger partial charge in [0.1, 0.15) is 0 Å². The van der Waals surface area contributed by atoms with E-state index >= 15 is 0 Å². The van der Waals surface area contributed by atoms with E-state index in [9.17, 15) is 4.79 Å². The highest BCUT2D eigenvalue weighted by Crippen LogP contribution is 2.08. The molecule has 12 heavy (non-hydrogen) atoms. The van der Waals surface area contributed by atoms with Gasteiger partial charge < -0.3 is 4.98 Å². The fourth-order valence-electron chi connectivity index (χ4n) is 1.32. The summed E-state index contributed by atoms with van der Waals surface area (Å²) in [5.74, 6) is 0.624. The summed E-state index contributed by atoms with van der Waals surface area (Å²) in [5, 5.41) is 0. The van der Waals surface area contributed by atoms with Crippen molar-refractivity contribution in [3.8, 4) is 0 Å². The van der Waals surface area contributed by atoms with Crippen molar-refractivity contribution in [3.05, 3.63) is 22.9 Å². The number of imidazole rings is 1. The fourth-order valence-corrected chi connectivity index (χ4v) is 1.32. The van der Waals surface area contributed by atoms with E-state index in [1.54, 1.807) is 17.0 Å². The summed E-state index contributed by atoms with van der Waals surface area (Å²) in [6.45, 7) is 5.16. The molecule has 1 heterocycles. The predicted molar refractivity (Wildman–Crippen MR) is 49.1 cm³/mol. The smallest absolute Gasteiger partial charge is 0.313 e. The minimum Gasteiger partial charge on any atom is -0.313 e. The molecule has 0 amide bonds. The van der Waals surface area contributed by atoms with Crippen LogP contribution in [-0.2, 0) is 6.54 Å². The number of rotatable bonds is 4. The van der Waals surface area contributed by atoms with Crippen LogP contribution in [0.2, 0.25) is 0 Å². The van der Waals surface area contributed by atoms with Crippen LogP contribution in [0.25, 0.3) is 0 Å². The molecule has 0 atom stereocenters. The average molecular weight is 168 g/mol. The van der Waals surface area contributed by atoms with Gasteiger partial charge in [0.05, 0.1) is 0 Å². The number of aromatic amines is 1. The Kier molecular flexibility index (Phi) is 3.14. The highest BCUT2D eigenvalue weighted by atomic mass is 16.1. The second kappa shape index (κ2) is 4.14. The van der Waals surface area contributed by atoms with Crippen LogP contribution in [0.4, 0.5) is 0 Å². The molecule has 1 aromatic heterocycles. The van der Waals surface area contributed by atoms with Gasteiger partial charge in [0.15, 0.2) is 0 Å². The van der Waals surface area contributed by atoms with Gasteiger partial charge in [-0.3, -0.25) is 4.57 Å². The molecular weight excluding hydrogens is 152 g/mol. The van der Waals surface area contributed by atoms with E-state index in [4.69, 9.17) is 0 Å². The Morgan fingerprint density at radius 2 is 2.17 bits per heavy atom. The summed E-state index contributed by atoms with van der Waals surface area (Å²) in [4.78, 5) is 13.7. The van der Waals surface area contributed by atoms with Crippen LogP contribution in [0.5, 0.6) is 0 Å². The molecule has 0 saturated carbocycles. The second-order valence-electron chi connectivity index (χ2n) is 3.10. The first-order valence-corrected chi connectivity index (χ1v) is 4.51. The maximum Gasteiger partial charge on any atom is 0.325 e. The Bertz CT molecular complexity index is 270. The second-order valence-corrected chi connectivity index (χ2v) is 3.10. The van der Waals surface area contributed by atoms with Crippen molar-refractivity contribution >= 4 is 0 Å². The number of H-pyrrole nitrogens is 1. The van der Waals surface area contributed by atoms with Gasteiger partial charge in [-0.25, -0.2) is 4.79 Å². The first-order chi connectivity index (χ1) is 5.77. The average Bonchev–Trinajstić information content (AvgIpc) is 2.47. The molecule has 3 nitrogen and oxygen atoms in total. The monoisotopic (exact) mass is 168 g/mol. The normalized spacial score (nSPS) is 10.9. The number of nitrogens with zero attached hydrogens (tertiary/aromatic N) is 1. The highest BCUT2D eigenvalue weighted by Gasteiger charge is 2.05. The number of aromatic nitrogens is 2. The third-order valence-corrected chi connectivity index (χ3v) is 2.33. The minimum absolute atomic E-state index is 0.00176. The van der Waals surface area contributed by atoms with Gasteiger partial charge in [-0.15, -0.1) is 0 Å². The molecule has 0 radical (unpaired) electrons. The first-order valence-electron chi connectivity index (χ1n) is 4.51. The van der Waals surface area contributed by atoms with Crippen LogP contribution in [0.1, 0.15) is 26.7 Å². The van der Waals surface area contributed by atoms with Gasteiger partial charge in [0, 0.05) is 18.9 Å². The van der Waals surface area contributed by atoms with Gasteiger partial charge in [-0.05, 0) is 5.92 Å². The summed E-state index contributed by atoms with van der Waals surface area (Å²) in [7, 11) is 0. The molecule has 0 aromatic carbocycles. The van der Waals surface area contributed by atoms with Crippen molar-refractivity contribution in [2.24, 2.45) is 5.92 Å². The van der Waals surface area contributed by atoms with Crippen LogP contribution in [0, 0.1) is 5.92 Å². The van der Waals surface area contributed by atoms with Crippen LogP contribution >= 0.6 is 0 Å². The number of hydrogen-bond acceptors (Lipinski definition) is 1. The maximum atomic E-state index is 11.1. The summed E-state index contributed by atoms with van der Waals surface area (Å²) in [6, 6.07) is 0. The summed E-state index contributed by atoms with van der Waals surface area (Å²) in [6.07, 6.45) is 5.76. The van der Waals surface area contributed by atoms with E-state index in [-0.39, 0.29) is 5.69 Å². The molecule has 0 aliphatic heterocycles. The molecule has 0 bridgehead atoms. The van der Waals surface area contributed by atoms with Crippen molar-refractivity contribution in [1.29, 1.82) is 0 Å². The van der Waals surface area contributed by atoms with Crippen molar-refractivity contribution in [2.75, 3.05) is 0 Å². The predicted octanol–water partition coefficient (Wildman–Crippen LogP) is 1.61. The molecule has 0 aliphatic carbocycles. The van der Waals surface area contributed by atoms with Crippen molar-refractivity contribution < 1.29 is 0 Å². The molecule has 1 rings (SSSR count). The number of hydrogen-bond donors (Lipinski definition) is 1. The van der Waals surface area contributed by atoms with E-state index in [0.29, 0.717) is 5.92 Å². The molecule has 0 spiro atoms. The van der Waals surface area contributed by atoms with Crippen LogP contribution in [0.15, 0.2) is 17.2 Å². The van der Waals surface area contributed by atoms with E-state index in [0.717, 1.165) is 19.4 Å². The van der Waals surface area contributed by atoms with E-state index in [1.807, 2.05) is 0 Å². The van der Waals surface area contributed by atoms with Gasteiger partial charge in [0.25, 0.3) is 0 Å². The van der Waals surface area contributed by atoms with Gasteiger partial charge in [-0.1, -0.05) is 26.7 Å². The molecule has 0 saturated heterocycles. The molecule has 1 aromatic rings. The first kappa shape index (κ1) is 9.10. The highest BCUT2D eigenvalue weighted by molar-refractivity contribution is 4.76. The lowest BCUT2D eigenvalue weighted by atomic mass is 10.0. The third kappa shape index (κ3) is 2.00. The Morgan fingerprint density at radius 1 is 1.50 bits per heavy atom. The summed E-state index contributed by atoms with van der Waals surface area (Å²) >= 11 is 0. The van der Waals surface area contributed by atoms with Gasteiger partial charge in [-0.2, -0.15) is 0 Å². The standard InChI is InChI=1S/C9H16N2O/c1-3-8(4-2)7-11-6-5-10-9(11)12/h5-6,8H,3-4,7H2,1-2H3,(H,10,12). The zero-order valence-electron chi connectivity index (χ0n) is 7.71. The van der Waals surface area contributed by atoms with Gasteiger partial charge >= 0.3 is 5.69 Å². The quantitative estimate of drug-likeness (QED) is 0.728. The van der Waals surface area contributed by atoms with Crippen molar-refractivity contribution in [1.82, 2.24) is 9.55 Å². The van der Waals surface area contributed by atoms with Gasteiger partial charge in [0.2, 0.25) is 0 Å². The molecule has 0 aliphatic rings. The van der Waals surface area contributed by atoms with Crippen LogP contribution in [0.3, 0.4) is 0 Å². The molecule has 3 heteroatoms. The van der Waals surface area contributed by atoms with E-state index in [2.05, 4.69) is 18.8 Å². The summed E-state index contributed by atoms with van der Waals surface area (Å²) in [5.41, 5.74) is 0.00176. The Morgan fingerprint density at radius 3 is 2.58 bits per heavy atom. The molecular formula is C9H16N2O. The van der Waals surface area contributed by atoms with Crippen LogP contribution < -0.4 is 5.69 Å². The third-order valence-electron chi connectivity index (χ3n) is 2.33. The number of nitrogens with one attached hydrogen (secondary N) is 1. The topological polar surface area (TPSA) is 37.8 Å². The lowest BCUT2D eigenvalue weighted by Gasteiger charge is -2.11. The zero-order chi connectivity index (χ0) is 8.97. The molecule has 1 N–H and O–H groups in total. The lowest BCUT2D eigenvalue weighted by Crippen LogP contribution is -2.20. The van der Waals surface area contributed by atoms with Crippen LogP contribution in [-0.4, -0.2) is 9.55 Å². The minimum atomic E-state index is 0.00176. The Balaban J connectivity index is 2.62. The van der Waals surface area contributed by atoms with E-state index < -0.39 is 0 Å². The Labute approximate surface area is 72.4 Å². The molecule has 0 fully saturated rings. The Hall–Kier alpha value is -0.990. The van der Waals surface area contributed by atoms with Crippen molar-refractivity contribution in [3.63, 3.8) is 0 Å². The molecule has 68 valence electrons. The van der Waals surface area contributed by atoms with Crippen molar-refractivity contribution in [2.45, 2.75) is 33.2 Å². The molecule has 0 unspecified atom stereocenters.